The molecule has 0 atom stereocenters. The van der Waals surface area contributed by atoms with E-state index in [1.165, 1.54) is 7.05 Å². The maximum absolute atomic E-state index is 12.1. The number of piperazine rings is 1. The zero-order chi connectivity index (χ0) is 20.7. The second-order valence-corrected chi connectivity index (χ2v) is 5.69. The van der Waals surface area contributed by atoms with Crippen LogP contribution in [0.5, 0.6) is 0 Å². The molecule has 0 radical (unpaired) electrons. The van der Waals surface area contributed by atoms with Crippen LogP contribution >= 0.6 is 0 Å². The van der Waals surface area contributed by atoms with Gasteiger partial charge in [0.2, 0.25) is 0 Å². The number of carbonyl (C=O) groups excluding carboxylic acids is 3. The van der Waals surface area contributed by atoms with Gasteiger partial charge in [0, 0.05) is 52.6 Å². The van der Waals surface area contributed by atoms with E-state index in [2.05, 4.69) is 11.5 Å². The molecule has 7 nitrogen and oxygen atoms in total. The van der Waals surface area contributed by atoms with E-state index >= 15 is 0 Å². The molecular formula is C20H33N3O4. The van der Waals surface area contributed by atoms with Gasteiger partial charge in [-0.1, -0.05) is 44.7 Å². The van der Waals surface area contributed by atoms with Crippen LogP contribution in [0.1, 0.15) is 33.6 Å². The second kappa shape index (κ2) is 14.7. The molecule has 1 aliphatic heterocycles. The first-order valence-corrected chi connectivity index (χ1v) is 9.35. The highest BCUT2D eigenvalue weighted by Gasteiger charge is 2.24. The fourth-order valence-corrected chi connectivity index (χ4v) is 2.32. The molecule has 1 fully saturated rings. The van der Waals surface area contributed by atoms with Gasteiger partial charge in [0.15, 0.2) is 0 Å². The van der Waals surface area contributed by atoms with Gasteiger partial charge in [-0.3, -0.25) is 9.69 Å². The van der Waals surface area contributed by atoms with E-state index in [0.29, 0.717) is 19.4 Å². The number of amides is 2. The van der Waals surface area contributed by atoms with E-state index in [-0.39, 0.29) is 12.8 Å². The van der Waals surface area contributed by atoms with E-state index in [4.69, 9.17) is 4.84 Å². The Hall–Kier alpha value is -2.41. The molecule has 0 spiro atoms. The van der Waals surface area contributed by atoms with Crippen molar-refractivity contribution < 1.29 is 19.2 Å². The van der Waals surface area contributed by atoms with Crippen LogP contribution in [0, 0.1) is 0 Å². The quantitative estimate of drug-likeness (QED) is 0.386. The summed E-state index contributed by atoms with van der Waals surface area (Å²) < 4.78 is 0. The topological polar surface area (TPSA) is 70.2 Å². The minimum atomic E-state index is -0.546. The number of nitrogens with zero attached hydrogens (tertiary/aromatic N) is 3. The van der Waals surface area contributed by atoms with Crippen molar-refractivity contribution in [2.75, 3.05) is 39.8 Å². The van der Waals surface area contributed by atoms with Gasteiger partial charge >= 0.3 is 6.09 Å². The molecule has 0 aromatic carbocycles. The summed E-state index contributed by atoms with van der Waals surface area (Å²) in [6.07, 6.45) is 8.06. The molecule has 152 valence electrons. The third kappa shape index (κ3) is 9.75. The number of rotatable bonds is 7. The van der Waals surface area contributed by atoms with Gasteiger partial charge in [-0.05, 0) is 12.5 Å². The minimum absolute atomic E-state index is 0.0317. The van der Waals surface area contributed by atoms with Crippen LogP contribution in [0.2, 0.25) is 0 Å². The average Bonchev–Trinajstić information content (AvgIpc) is 2.70. The summed E-state index contributed by atoms with van der Waals surface area (Å²) in [5, 5.41) is 0.897. The van der Waals surface area contributed by atoms with Gasteiger partial charge in [-0.25, -0.2) is 4.79 Å². The molecule has 1 heterocycles. The highest BCUT2D eigenvalue weighted by molar-refractivity contribution is 5.79. The van der Waals surface area contributed by atoms with Gasteiger partial charge in [0.05, 0.1) is 0 Å². The summed E-state index contributed by atoms with van der Waals surface area (Å²) >= 11 is 0. The molecule has 0 aromatic heterocycles. The van der Waals surface area contributed by atoms with E-state index in [9.17, 15) is 14.4 Å². The van der Waals surface area contributed by atoms with E-state index < -0.39 is 12.0 Å². The molecular weight excluding hydrogens is 346 g/mol. The van der Waals surface area contributed by atoms with Crippen molar-refractivity contribution in [3.63, 3.8) is 0 Å². The molecule has 0 N–H and O–H groups in total. The first kappa shape index (κ1) is 24.6. The Labute approximate surface area is 162 Å². The van der Waals surface area contributed by atoms with Crippen LogP contribution in [-0.4, -0.2) is 72.9 Å². The van der Waals surface area contributed by atoms with Crippen LogP contribution in [0.15, 0.2) is 36.5 Å². The molecule has 1 aliphatic rings. The van der Waals surface area contributed by atoms with Gasteiger partial charge in [0.25, 0.3) is 5.91 Å². The molecule has 1 saturated heterocycles. The normalized spacial score (nSPS) is 15.0. The Bertz CT molecular complexity index is 535. The molecule has 0 bridgehead atoms. The number of aldehydes is 1. The number of hydroxylamine groups is 2. The number of carbonyl (C=O) groups is 3. The van der Waals surface area contributed by atoms with Crippen LogP contribution < -0.4 is 0 Å². The zero-order valence-corrected chi connectivity index (χ0v) is 17.0. The summed E-state index contributed by atoms with van der Waals surface area (Å²) in [7, 11) is 1.38. The SMILES string of the molecule is C=C/C(=C\C=C/C)CN1CCN(C(=O)ON(C)C(=O)CCC=O)CC1.CC. The van der Waals surface area contributed by atoms with Crippen LogP contribution in [0.4, 0.5) is 4.79 Å². The number of allylic oxidation sites excluding steroid dienone is 3. The first-order chi connectivity index (χ1) is 13.0. The standard InChI is InChI=1S/C18H27N3O4.C2H6/c1-4-6-8-16(5-2)15-20-10-12-21(13-11-20)18(24)25-19(3)17(23)9-7-14-22;1-2/h4-6,8,14H,2,7,9-13,15H2,1,3H3;1-2H3/b6-4-,16-8+;. The van der Waals surface area contributed by atoms with Crippen molar-refractivity contribution in [3.8, 4) is 0 Å². The van der Waals surface area contributed by atoms with Gasteiger partial charge < -0.3 is 14.5 Å². The average molecular weight is 380 g/mol. The minimum Gasteiger partial charge on any atom is -0.319 e. The smallest absolute Gasteiger partial charge is 0.319 e. The zero-order valence-electron chi connectivity index (χ0n) is 17.0. The second-order valence-electron chi connectivity index (χ2n) is 5.69. The van der Waals surface area contributed by atoms with Gasteiger partial charge in [-0.15, -0.1) is 0 Å². The molecule has 0 saturated carbocycles. The van der Waals surface area contributed by atoms with Crippen LogP contribution in [0.3, 0.4) is 0 Å². The van der Waals surface area contributed by atoms with Crippen molar-refractivity contribution in [1.82, 2.24) is 14.9 Å². The highest BCUT2D eigenvalue weighted by Crippen LogP contribution is 2.09. The molecule has 1 rings (SSSR count). The Morgan fingerprint density at radius 2 is 1.81 bits per heavy atom. The molecule has 0 aromatic rings. The van der Waals surface area contributed by atoms with E-state index in [1.807, 2.05) is 45.1 Å². The monoisotopic (exact) mass is 379 g/mol. The lowest BCUT2D eigenvalue weighted by Gasteiger charge is -2.34. The maximum atomic E-state index is 12.1. The molecule has 7 heteroatoms. The predicted molar refractivity (Wildman–Crippen MR) is 107 cm³/mol. The summed E-state index contributed by atoms with van der Waals surface area (Å²) in [4.78, 5) is 42.9. The summed E-state index contributed by atoms with van der Waals surface area (Å²) in [5.41, 5.74) is 1.12. The molecule has 0 aliphatic carbocycles. The lowest BCUT2D eigenvalue weighted by Crippen LogP contribution is -2.50. The molecule has 27 heavy (non-hydrogen) atoms. The molecule has 0 unspecified atom stereocenters. The maximum Gasteiger partial charge on any atom is 0.434 e. The van der Waals surface area contributed by atoms with Crippen molar-refractivity contribution in [1.29, 1.82) is 0 Å². The van der Waals surface area contributed by atoms with Crippen molar-refractivity contribution in [2.24, 2.45) is 0 Å². The van der Waals surface area contributed by atoms with E-state index in [0.717, 1.165) is 30.3 Å². The fraction of sp³-hybridized carbons (Fsp3) is 0.550. The Kier molecular flexibility index (Phi) is 13.4. The lowest BCUT2D eigenvalue weighted by atomic mass is 10.2. The predicted octanol–water partition coefficient (Wildman–Crippen LogP) is 2.81. The Balaban J connectivity index is 0.00000326. The number of hydrogen-bond acceptors (Lipinski definition) is 5. The van der Waals surface area contributed by atoms with Crippen LogP contribution in [-0.2, 0) is 14.4 Å². The lowest BCUT2D eigenvalue weighted by molar-refractivity contribution is -0.163. The largest absolute Gasteiger partial charge is 0.434 e. The summed E-state index contributed by atoms with van der Waals surface area (Å²) in [6.45, 7) is 13.1. The third-order valence-electron chi connectivity index (χ3n) is 3.84. The number of hydrogen-bond donors (Lipinski definition) is 0. The fourth-order valence-electron chi connectivity index (χ4n) is 2.32. The highest BCUT2D eigenvalue weighted by atomic mass is 16.7. The van der Waals surface area contributed by atoms with Crippen molar-refractivity contribution in [2.45, 2.75) is 33.6 Å². The van der Waals surface area contributed by atoms with Crippen LogP contribution in [0.25, 0.3) is 0 Å². The van der Waals surface area contributed by atoms with Crippen molar-refractivity contribution >= 4 is 18.3 Å². The third-order valence-corrected chi connectivity index (χ3v) is 3.84. The van der Waals surface area contributed by atoms with E-state index in [1.54, 1.807) is 4.90 Å². The Morgan fingerprint density at radius 1 is 1.19 bits per heavy atom. The van der Waals surface area contributed by atoms with Gasteiger partial charge in [-0.2, -0.15) is 5.06 Å². The molecule has 2 amide bonds. The first-order valence-electron chi connectivity index (χ1n) is 9.35. The van der Waals surface area contributed by atoms with Gasteiger partial charge in [0.1, 0.15) is 6.29 Å². The summed E-state index contributed by atoms with van der Waals surface area (Å²) in [5.74, 6) is -0.399. The van der Waals surface area contributed by atoms with Crippen molar-refractivity contribution in [3.05, 3.63) is 36.5 Å². The Morgan fingerprint density at radius 3 is 2.33 bits per heavy atom. The summed E-state index contributed by atoms with van der Waals surface area (Å²) in [6, 6.07) is 0.